The number of carbonyl (C=O) groups is 2. The highest BCUT2D eigenvalue weighted by molar-refractivity contribution is 9.10. The van der Waals surface area contributed by atoms with Crippen LogP contribution in [0.5, 0.6) is 0 Å². The van der Waals surface area contributed by atoms with Gasteiger partial charge in [0.2, 0.25) is 0 Å². The van der Waals surface area contributed by atoms with Crippen LogP contribution in [0.25, 0.3) is 0 Å². The molecule has 6 heteroatoms. The fourth-order valence-corrected chi connectivity index (χ4v) is 3.85. The molecule has 0 radical (unpaired) electrons. The van der Waals surface area contributed by atoms with Gasteiger partial charge in [-0.2, -0.15) is 0 Å². The van der Waals surface area contributed by atoms with Crippen molar-refractivity contribution in [2.45, 2.75) is 84.5 Å². The zero-order chi connectivity index (χ0) is 22.5. The number of ether oxygens (including phenoxy) is 1. The number of benzene rings is 1. The maximum atomic E-state index is 12.9. The molecule has 1 aromatic carbocycles. The van der Waals surface area contributed by atoms with Gasteiger partial charge in [-0.05, 0) is 69.4 Å². The van der Waals surface area contributed by atoms with E-state index in [9.17, 15) is 9.59 Å². The third-order valence-electron chi connectivity index (χ3n) is 5.33. The Bertz CT molecular complexity index is 684. The maximum absolute atomic E-state index is 12.9. The molecule has 0 aliphatic rings. The minimum absolute atomic E-state index is 0.0824. The molecule has 29 heavy (non-hydrogen) atoms. The monoisotopic (exact) mass is 484 g/mol. The Morgan fingerprint density at radius 1 is 1.03 bits per heavy atom. The molecule has 0 spiro atoms. The van der Waals surface area contributed by atoms with Crippen molar-refractivity contribution in [1.82, 2.24) is 0 Å². The van der Waals surface area contributed by atoms with E-state index >= 15 is 0 Å². The van der Waals surface area contributed by atoms with Crippen molar-refractivity contribution in [3.8, 4) is 0 Å². The lowest BCUT2D eigenvalue weighted by atomic mass is 9.95. The highest BCUT2D eigenvalue weighted by Gasteiger charge is 2.38. The number of carbonyl (C=O) groups excluding carboxylic acids is 2. The number of hydrogen-bond acceptors (Lipinski definition) is 4. The van der Waals surface area contributed by atoms with Crippen LogP contribution in [-0.2, 0) is 25.2 Å². The summed E-state index contributed by atoms with van der Waals surface area (Å²) in [5.41, 5.74) is 0.448. The second-order valence-electron chi connectivity index (χ2n) is 10.1. The van der Waals surface area contributed by atoms with Gasteiger partial charge >= 0.3 is 5.97 Å². The zero-order valence-corrected chi connectivity index (χ0v) is 21.8. The quantitative estimate of drug-likeness (QED) is 0.233. The van der Waals surface area contributed by atoms with Crippen LogP contribution in [0, 0.1) is 5.92 Å². The first-order valence-electron chi connectivity index (χ1n) is 10.3. The van der Waals surface area contributed by atoms with Crippen molar-refractivity contribution in [1.29, 1.82) is 0 Å². The van der Waals surface area contributed by atoms with Gasteiger partial charge in [0, 0.05) is 17.5 Å². The van der Waals surface area contributed by atoms with E-state index in [1.165, 1.54) is 0 Å². The summed E-state index contributed by atoms with van der Waals surface area (Å²) in [7, 11) is -1.93. The summed E-state index contributed by atoms with van der Waals surface area (Å²) in [6, 6.07) is 7.89. The Morgan fingerprint density at radius 3 is 2.07 bits per heavy atom. The summed E-state index contributed by atoms with van der Waals surface area (Å²) in [5.74, 6) is -1.31. The van der Waals surface area contributed by atoms with Gasteiger partial charge in [0.25, 0.3) is 0 Å². The molecule has 164 valence electrons. The topological polar surface area (TPSA) is 52.6 Å². The predicted molar refractivity (Wildman–Crippen MR) is 125 cm³/mol. The molecule has 1 rings (SSSR count). The van der Waals surface area contributed by atoms with E-state index in [0.29, 0.717) is 25.9 Å². The van der Waals surface area contributed by atoms with Gasteiger partial charge in [0.05, 0.1) is 0 Å². The molecule has 0 aliphatic heterocycles. The predicted octanol–water partition coefficient (Wildman–Crippen LogP) is 6.32. The zero-order valence-electron chi connectivity index (χ0n) is 19.2. The van der Waals surface area contributed by atoms with Gasteiger partial charge in [-0.25, -0.2) is 0 Å². The molecule has 4 nitrogen and oxygen atoms in total. The number of Topliss-reactive ketones (excluding diaryl/α,β-unsaturated/α-hetero) is 1. The average Bonchev–Trinajstić information content (AvgIpc) is 2.55. The minimum Gasteiger partial charge on any atom is -0.459 e. The molecule has 1 atom stereocenters. The first-order valence-corrected chi connectivity index (χ1v) is 14.0. The van der Waals surface area contributed by atoms with Crippen LogP contribution < -0.4 is 0 Å². The van der Waals surface area contributed by atoms with Crippen LogP contribution in [0.15, 0.2) is 28.7 Å². The van der Waals surface area contributed by atoms with Crippen molar-refractivity contribution >= 4 is 36.0 Å². The molecular weight excluding hydrogens is 448 g/mol. The van der Waals surface area contributed by atoms with Crippen LogP contribution >= 0.6 is 15.9 Å². The van der Waals surface area contributed by atoms with Gasteiger partial charge in [0.15, 0.2) is 8.32 Å². The van der Waals surface area contributed by atoms with Gasteiger partial charge in [-0.1, -0.05) is 48.8 Å². The molecule has 1 aromatic rings. The Balaban J connectivity index is 2.80. The SMILES string of the molecule is CC(C)(C)OC(=O)C(CCO[Si](C)(C)C(C)(C)C)C(=O)CCc1ccc(Br)cc1. The summed E-state index contributed by atoms with van der Waals surface area (Å²) in [6.45, 7) is 16.7. The van der Waals surface area contributed by atoms with Crippen LogP contribution in [0.1, 0.15) is 59.9 Å². The third-order valence-corrected chi connectivity index (χ3v) is 10.4. The molecule has 0 bridgehead atoms. The first-order chi connectivity index (χ1) is 13.1. The second-order valence-corrected chi connectivity index (χ2v) is 15.8. The number of aryl methyl sites for hydroxylation is 1. The highest BCUT2D eigenvalue weighted by atomic mass is 79.9. The van der Waals surface area contributed by atoms with Crippen molar-refractivity contribution in [2.75, 3.05) is 6.61 Å². The van der Waals surface area contributed by atoms with E-state index in [1.807, 2.05) is 45.0 Å². The number of hydrogen-bond donors (Lipinski definition) is 0. The fraction of sp³-hybridized carbons (Fsp3) is 0.652. The second kappa shape index (κ2) is 10.4. The van der Waals surface area contributed by atoms with Crippen LogP contribution in [0.4, 0.5) is 0 Å². The van der Waals surface area contributed by atoms with Crippen molar-refractivity contribution < 1.29 is 18.8 Å². The maximum Gasteiger partial charge on any atom is 0.317 e. The standard InChI is InChI=1S/C23H37BrO4Si/c1-22(2,3)28-21(26)19(15-16-27-29(7,8)23(4,5)6)20(25)14-11-17-9-12-18(24)13-10-17/h9-10,12-13,19H,11,14-16H2,1-8H3. The largest absolute Gasteiger partial charge is 0.459 e. The lowest BCUT2D eigenvalue weighted by Gasteiger charge is -2.36. The smallest absolute Gasteiger partial charge is 0.317 e. The third kappa shape index (κ3) is 9.14. The summed E-state index contributed by atoms with van der Waals surface area (Å²) >= 11 is 3.42. The first kappa shape index (κ1) is 26.1. The van der Waals surface area contributed by atoms with Gasteiger partial charge < -0.3 is 9.16 Å². The lowest BCUT2D eigenvalue weighted by molar-refractivity contribution is -0.162. The molecule has 1 unspecified atom stereocenters. The van der Waals surface area contributed by atoms with E-state index in [-0.39, 0.29) is 10.8 Å². The van der Waals surface area contributed by atoms with E-state index in [0.717, 1.165) is 10.0 Å². The summed E-state index contributed by atoms with van der Waals surface area (Å²) in [4.78, 5) is 25.6. The molecule has 0 fully saturated rings. The van der Waals surface area contributed by atoms with E-state index in [4.69, 9.17) is 9.16 Å². The number of rotatable bonds is 9. The lowest BCUT2D eigenvalue weighted by Crippen LogP contribution is -2.42. The molecule has 0 aliphatic carbocycles. The molecule has 0 heterocycles. The Morgan fingerprint density at radius 2 is 1.59 bits per heavy atom. The van der Waals surface area contributed by atoms with Crippen LogP contribution in [0.2, 0.25) is 18.1 Å². The number of esters is 1. The molecule has 0 amide bonds. The van der Waals surface area contributed by atoms with Crippen molar-refractivity contribution in [2.24, 2.45) is 5.92 Å². The molecule has 0 aromatic heterocycles. The van der Waals surface area contributed by atoms with E-state index < -0.39 is 25.8 Å². The Labute approximate surface area is 186 Å². The molecule has 0 saturated heterocycles. The van der Waals surface area contributed by atoms with Gasteiger partial charge in [0.1, 0.15) is 17.3 Å². The van der Waals surface area contributed by atoms with Crippen molar-refractivity contribution in [3.63, 3.8) is 0 Å². The fourth-order valence-electron chi connectivity index (χ4n) is 2.52. The number of ketones is 1. The molecular formula is C23H37BrO4Si. The Kier molecular flexibility index (Phi) is 9.31. The minimum atomic E-state index is -1.93. The van der Waals surface area contributed by atoms with Gasteiger partial charge in [-0.3, -0.25) is 9.59 Å². The summed E-state index contributed by atoms with van der Waals surface area (Å²) < 4.78 is 12.7. The average molecular weight is 486 g/mol. The Hall–Kier alpha value is -0.983. The summed E-state index contributed by atoms with van der Waals surface area (Å²) in [5, 5.41) is 0.0833. The van der Waals surface area contributed by atoms with Crippen LogP contribution in [0.3, 0.4) is 0 Å². The molecule has 0 N–H and O–H groups in total. The number of halogens is 1. The summed E-state index contributed by atoms with van der Waals surface area (Å²) in [6.07, 6.45) is 1.28. The van der Waals surface area contributed by atoms with E-state index in [2.05, 4.69) is 49.8 Å². The van der Waals surface area contributed by atoms with Gasteiger partial charge in [-0.15, -0.1) is 0 Å². The van der Waals surface area contributed by atoms with Crippen molar-refractivity contribution in [3.05, 3.63) is 34.3 Å². The van der Waals surface area contributed by atoms with Crippen LogP contribution in [-0.4, -0.2) is 32.3 Å². The molecule has 0 saturated carbocycles. The van der Waals surface area contributed by atoms with E-state index in [1.54, 1.807) is 0 Å². The normalized spacial score (nSPS) is 13.8. The highest BCUT2D eigenvalue weighted by Crippen LogP contribution is 2.36.